The van der Waals surface area contributed by atoms with E-state index in [9.17, 15) is 18.0 Å². The average Bonchev–Trinajstić information content (AvgIpc) is 3.10. The van der Waals surface area contributed by atoms with Crippen LogP contribution >= 0.6 is 11.6 Å². The van der Waals surface area contributed by atoms with Gasteiger partial charge in [-0.3, -0.25) is 9.59 Å². The number of fused-ring (bicyclic) bond motifs is 2. The van der Waals surface area contributed by atoms with Crippen LogP contribution < -0.4 is 16.0 Å². The molecule has 36 heavy (non-hydrogen) atoms. The fourth-order valence-corrected chi connectivity index (χ4v) is 4.93. The van der Waals surface area contributed by atoms with Crippen LogP contribution in [-0.2, 0) is 16.6 Å². The van der Waals surface area contributed by atoms with E-state index in [0.29, 0.717) is 27.3 Å². The SMILES string of the molecule is CS(=O)(=O)NC(=O)c1c(-c2cc3ccccc3[nH]c2=O)c2cc(Cl)ccc2n1Cc1ccnc(N)c1. The summed E-state index contributed by atoms with van der Waals surface area (Å²) in [6.45, 7) is 0.156. The highest BCUT2D eigenvalue weighted by atomic mass is 35.5. The van der Waals surface area contributed by atoms with E-state index in [-0.39, 0.29) is 23.4 Å². The van der Waals surface area contributed by atoms with Gasteiger partial charge in [-0.15, -0.1) is 0 Å². The number of anilines is 1. The number of rotatable bonds is 5. The van der Waals surface area contributed by atoms with Crippen molar-refractivity contribution >= 4 is 55.2 Å². The molecule has 182 valence electrons. The lowest BCUT2D eigenvalue weighted by atomic mass is 10.0. The molecule has 0 spiro atoms. The van der Waals surface area contributed by atoms with Crippen LogP contribution in [0.2, 0.25) is 5.02 Å². The number of nitrogens with two attached hydrogens (primary N) is 1. The second kappa shape index (κ2) is 8.81. The van der Waals surface area contributed by atoms with Crippen LogP contribution in [0.3, 0.4) is 0 Å². The molecule has 5 rings (SSSR count). The minimum absolute atomic E-state index is 0.00569. The molecule has 2 aromatic carbocycles. The number of nitrogens with zero attached hydrogens (tertiary/aromatic N) is 2. The zero-order valence-electron chi connectivity index (χ0n) is 18.9. The summed E-state index contributed by atoms with van der Waals surface area (Å²) in [5, 5.41) is 1.65. The van der Waals surface area contributed by atoms with Crippen molar-refractivity contribution in [2.24, 2.45) is 0 Å². The Morgan fingerprint density at radius 1 is 1.14 bits per heavy atom. The van der Waals surface area contributed by atoms with E-state index in [1.807, 2.05) is 16.9 Å². The van der Waals surface area contributed by atoms with Crippen molar-refractivity contribution in [3.8, 4) is 11.1 Å². The van der Waals surface area contributed by atoms with Crippen molar-refractivity contribution in [2.45, 2.75) is 6.54 Å². The molecule has 0 aliphatic carbocycles. The fraction of sp³-hybridized carbons (Fsp3) is 0.0800. The van der Waals surface area contributed by atoms with E-state index in [0.717, 1.165) is 17.2 Å². The Bertz CT molecular complexity index is 1840. The number of para-hydroxylation sites is 1. The van der Waals surface area contributed by atoms with Crippen LogP contribution in [0, 0.1) is 0 Å². The van der Waals surface area contributed by atoms with Gasteiger partial charge in [-0.25, -0.2) is 18.1 Å². The fourth-order valence-electron chi connectivity index (χ4n) is 4.32. The summed E-state index contributed by atoms with van der Waals surface area (Å²) in [5.41, 5.74) is 7.81. The smallest absolute Gasteiger partial charge is 0.282 e. The standard InChI is InChI=1S/C25H20ClN5O4S/c1-36(34,35)30-25(33)23-22(18-11-15-4-2-3-5-19(15)29-24(18)32)17-12-16(26)6-7-20(17)31(23)13-14-8-9-28-21(27)10-14/h2-12H,13H2,1H3,(H2,27,28)(H,29,32)(H,30,33). The first kappa shape index (κ1) is 23.6. The molecule has 0 atom stereocenters. The van der Waals surface area contributed by atoms with E-state index in [4.69, 9.17) is 17.3 Å². The van der Waals surface area contributed by atoms with Crippen molar-refractivity contribution in [3.05, 3.63) is 93.5 Å². The molecule has 4 N–H and O–H groups in total. The van der Waals surface area contributed by atoms with Crippen molar-refractivity contribution in [1.29, 1.82) is 0 Å². The molecule has 0 fully saturated rings. The number of H-pyrrole nitrogens is 1. The van der Waals surface area contributed by atoms with Crippen LogP contribution in [-0.4, -0.2) is 35.1 Å². The molecular weight excluding hydrogens is 502 g/mol. The molecule has 0 radical (unpaired) electrons. The van der Waals surface area contributed by atoms with Crippen LogP contribution in [0.25, 0.3) is 32.9 Å². The molecular formula is C25H20ClN5O4S. The summed E-state index contributed by atoms with van der Waals surface area (Å²) in [6, 6.07) is 17.3. The maximum absolute atomic E-state index is 13.5. The number of nitrogens with one attached hydrogen (secondary N) is 2. The number of sulfonamides is 1. The summed E-state index contributed by atoms with van der Waals surface area (Å²) in [4.78, 5) is 33.6. The van der Waals surface area contributed by atoms with Gasteiger partial charge in [0.15, 0.2) is 0 Å². The molecule has 3 heterocycles. The number of pyridine rings is 2. The number of carbonyl (C=O) groups excluding carboxylic acids is 1. The average molecular weight is 522 g/mol. The summed E-state index contributed by atoms with van der Waals surface area (Å²) in [7, 11) is -3.91. The zero-order valence-corrected chi connectivity index (χ0v) is 20.5. The van der Waals surface area contributed by atoms with Gasteiger partial charge in [-0.1, -0.05) is 29.8 Å². The molecule has 11 heteroatoms. The molecule has 5 aromatic rings. The number of aromatic amines is 1. The number of carbonyl (C=O) groups is 1. The molecule has 0 aliphatic heterocycles. The Hall–Kier alpha value is -4.15. The number of benzene rings is 2. The number of halogens is 1. The molecule has 3 aromatic heterocycles. The molecule has 9 nitrogen and oxygen atoms in total. The lowest BCUT2D eigenvalue weighted by molar-refractivity contribution is 0.0974. The second-order valence-corrected chi connectivity index (χ2v) is 10.5. The van der Waals surface area contributed by atoms with Crippen LogP contribution in [0.1, 0.15) is 16.1 Å². The number of amides is 1. The van der Waals surface area contributed by atoms with Gasteiger partial charge >= 0.3 is 0 Å². The summed E-state index contributed by atoms with van der Waals surface area (Å²) < 4.78 is 27.8. The van der Waals surface area contributed by atoms with E-state index in [1.165, 1.54) is 0 Å². The quantitative estimate of drug-likeness (QED) is 0.323. The van der Waals surface area contributed by atoms with Gasteiger partial charge in [0, 0.05) is 39.7 Å². The zero-order chi connectivity index (χ0) is 25.6. The molecule has 1 amide bonds. The van der Waals surface area contributed by atoms with Crippen molar-refractivity contribution in [3.63, 3.8) is 0 Å². The summed E-state index contributed by atoms with van der Waals surface area (Å²) in [5.74, 6) is -0.588. The third-order valence-corrected chi connectivity index (χ3v) is 6.52. The highest BCUT2D eigenvalue weighted by Gasteiger charge is 2.27. The highest BCUT2D eigenvalue weighted by molar-refractivity contribution is 7.89. The predicted octanol–water partition coefficient (Wildman–Crippen LogP) is 3.52. The number of hydrogen-bond donors (Lipinski definition) is 3. The second-order valence-electron chi connectivity index (χ2n) is 8.36. The number of aromatic nitrogens is 3. The minimum Gasteiger partial charge on any atom is -0.384 e. The van der Waals surface area contributed by atoms with Gasteiger partial charge < -0.3 is 15.3 Å². The lowest BCUT2D eigenvalue weighted by Gasteiger charge is -2.13. The molecule has 0 bridgehead atoms. The van der Waals surface area contributed by atoms with Crippen LogP contribution in [0.15, 0.2) is 71.7 Å². The maximum atomic E-state index is 13.5. The largest absolute Gasteiger partial charge is 0.384 e. The van der Waals surface area contributed by atoms with Crippen molar-refractivity contribution in [1.82, 2.24) is 19.3 Å². The Morgan fingerprint density at radius 3 is 2.67 bits per heavy atom. The summed E-state index contributed by atoms with van der Waals surface area (Å²) >= 11 is 6.33. The van der Waals surface area contributed by atoms with Gasteiger partial charge in [-0.2, -0.15) is 0 Å². The maximum Gasteiger partial charge on any atom is 0.282 e. The highest BCUT2D eigenvalue weighted by Crippen LogP contribution is 2.36. The molecule has 0 saturated carbocycles. The van der Waals surface area contributed by atoms with Crippen molar-refractivity contribution < 1.29 is 13.2 Å². The van der Waals surface area contributed by atoms with E-state index in [1.54, 1.807) is 59.3 Å². The van der Waals surface area contributed by atoms with E-state index >= 15 is 0 Å². The van der Waals surface area contributed by atoms with E-state index < -0.39 is 21.5 Å². The van der Waals surface area contributed by atoms with Gasteiger partial charge in [0.05, 0.1) is 11.8 Å². The normalized spacial score (nSPS) is 11.7. The Kier molecular flexibility index (Phi) is 5.77. The van der Waals surface area contributed by atoms with E-state index in [2.05, 4.69) is 9.97 Å². The van der Waals surface area contributed by atoms with Crippen molar-refractivity contribution in [2.75, 3.05) is 12.0 Å². The van der Waals surface area contributed by atoms with Gasteiger partial charge in [0.1, 0.15) is 11.5 Å². The number of hydrogen-bond acceptors (Lipinski definition) is 6. The number of nitrogen functional groups attached to an aromatic ring is 1. The summed E-state index contributed by atoms with van der Waals surface area (Å²) in [6.07, 6.45) is 2.43. The predicted molar refractivity (Wildman–Crippen MR) is 141 cm³/mol. The van der Waals surface area contributed by atoms with Gasteiger partial charge in [0.25, 0.3) is 11.5 Å². The first-order valence-electron chi connectivity index (χ1n) is 10.8. The molecule has 0 aliphatic rings. The monoisotopic (exact) mass is 521 g/mol. The Labute approximate surface area is 210 Å². The third kappa shape index (κ3) is 4.43. The first-order valence-corrected chi connectivity index (χ1v) is 13.0. The van der Waals surface area contributed by atoms with Gasteiger partial charge in [0.2, 0.25) is 10.0 Å². The third-order valence-electron chi connectivity index (χ3n) is 5.73. The lowest BCUT2D eigenvalue weighted by Crippen LogP contribution is -2.32. The van der Waals surface area contributed by atoms with Gasteiger partial charge in [-0.05, 0) is 53.4 Å². The molecule has 0 unspecified atom stereocenters. The first-order chi connectivity index (χ1) is 17.1. The minimum atomic E-state index is -3.91. The Morgan fingerprint density at radius 2 is 1.92 bits per heavy atom. The Balaban J connectivity index is 1.88. The topological polar surface area (TPSA) is 140 Å². The van der Waals surface area contributed by atoms with Crippen LogP contribution in [0.4, 0.5) is 5.82 Å². The molecule has 0 saturated heterocycles. The van der Waals surface area contributed by atoms with Crippen LogP contribution in [0.5, 0.6) is 0 Å².